The topological polar surface area (TPSA) is 97.2 Å². The minimum absolute atomic E-state index is 0.139. The molecule has 0 saturated carbocycles. The number of nitrogens with zero attached hydrogens (tertiary/aromatic N) is 4. The summed E-state index contributed by atoms with van der Waals surface area (Å²) in [5.41, 5.74) is 0.469. The maximum absolute atomic E-state index is 12.4. The SMILES string of the molecule is CN(CC(=O)Nc1ccc(-n2cccn2)nc1)S(=O)(=O)c1ccccc1. The van der Waals surface area contributed by atoms with Crippen molar-refractivity contribution in [2.24, 2.45) is 0 Å². The molecule has 9 heteroatoms. The molecule has 3 aromatic rings. The van der Waals surface area contributed by atoms with Crippen LogP contribution in [0.1, 0.15) is 0 Å². The molecule has 0 saturated heterocycles. The molecule has 1 aromatic carbocycles. The number of aromatic nitrogens is 3. The predicted molar refractivity (Wildman–Crippen MR) is 96.2 cm³/mol. The van der Waals surface area contributed by atoms with Crippen LogP contribution in [0.25, 0.3) is 5.82 Å². The smallest absolute Gasteiger partial charge is 0.243 e. The summed E-state index contributed by atoms with van der Waals surface area (Å²) in [5, 5.41) is 6.70. The number of pyridine rings is 1. The Kier molecular flexibility index (Phi) is 5.10. The second kappa shape index (κ2) is 7.46. The van der Waals surface area contributed by atoms with Crippen molar-refractivity contribution >= 4 is 21.6 Å². The van der Waals surface area contributed by atoms with Crippen molar-refractivity contribution in [3.63, 3.8) is 0 Å². The zero-order valence-electron chi connectivity index (χ0n) is 14.0. The normalized spacial score (nSPS) is 11.5. The van der Waals surface area contributed by atoms with Crippen LogP contribution >= 0.6 is 0 Å². The van der Waals surface area contributed by atoms with Crippen LogP contribution in [-0.4, -0.2) is 47.0 Å². The van der Waals surface area contributed by atoms with E-state index in [1.165, 1.54) is 25.4 Å². The van der Waals surface area contributed by atoms with Crippen molar-refractivity contribution in [2.75, 3.05) is 18.9 Å². The summed E-state index contributed by atoms with van der Waals surface area (Å²) in [5.74, 6) is 0.150. The van der Waals surface area contributed by atoms with E-state index in [1.54, 1.807) is 53.5 Å². The molecule has 0 fully saturated rings. The molecule has 2 heterocycles. The summed E-state index contributed by atoms with van der Waals surface area (Å²) < 4.78 is 27.4. The molecule has 1 N–H and O–H groups in total. The lowest BCUT2D eigenvalue weighted by atomic mass is 10.4. The van der Waals surface area contributed by atoms with Crippen molar-refractivity contribution in [3.05, 3.63) is 67.1 Å². The number of likely N-dealkylation sites (N-methyl/N-ethyl adjacent to an activating group) is 1. The number of hydrogen-bond acceptors (Lipinski definition) is 5. The fourth-order valence-corrected chi connectivity index (χ4v) is 3.41. The third-order valence-electron chi connectivity index (χ3n) is 3.59. The van der Waals surface area contributed by atoms with Crippen molar-refractivity contribution < 1.29 is 13.2 Å². The van der Waals surface area contributed by atoms with Crippen LogP contribution in [0.5, 0.6) is 0 Å². The van der Waals surface area contributed by atoms with E-state index in [4.69, 9.17) is 0 Å². The Morgan fingerprint density at radius 2 is 1.92 bits per heavy atom. The Bertz CT molecular complexity index is 971. The molecule has 0 bridgehead atoms. The van der Waals surface area contributed by atoms with Gasteiger partial charge < -0.3 is 5.32 Å². The summed E-state index contributed by atoms with van der Waals surface area (Å²) in [6, 6.07) is 13.1. The van der Waals surface area contributed by atoms with E-state index >= 15 is 0 Å². The lowest BCUT2D eigenvalue weighted by Gasteiger charge is -2.16. The Morgan fingerprint density at radius 1 is 1.15 bits per heavy atom. The standard InChI is InChI=1S/C17H17N5O3S/c1-21(26(24,25)15-6-3-2-4-7-15)13-17(23)20-14-8-9-16(18-12-14)22-11-5-10-19-22/h2-12H,13H2,1H3,(H,20,23). The Morgan fingerprint density at radius 3 is 2.54 bits per heavy atom. The van der Waals surface area contributed by atoms with Gasteiger partial charge in [0.25, 0.3) is 0 Å². The van der Waals surface area contributed by atoms with E-state index in [-0.39, 0.29) is 11.4 Å². The molecular weight excluding hydrogens is 354 g/mol. The minimum Gasteiger partial charge on any atom is -0.324 e. The molecule has 0 aliphatic rings. The molecular formula is C17H17N5O3S. The van der Waals surface area contributed by atoms with Crippen molar-refractivity contribution in [3.8, 4) is 5.82 Å². The van der Waals surface area contributed by atoms with Gasteiger partial charge in [-0.05, 0) is 30.3 Å². The molecule has 0 radical (unpaired) electrons. The van der Waals surface area contributed by atoms with Crippen LogP contribution in [0.15, 0.2) is 72.0 Å². The molecule has 0 aliphatic heterocycles. The molecule has 0 unspecified atom stereocenters. The first-order chi connectivity index (χ1) is 12.5. The van der Waals surface area contributed by atoms with Crippen LogP contribution in [0.3, 0.4) is 0 Å². The zero-order valence-corrected chi connectivity index (χ0v) is 14.8. The number of amides is 1. The number of carbonyl (C=O) groups excluding carboxylic acids is 1. The molecule has 0 aliphatic carbocycles. The number of nitrogens with one attached hydrogen (secondary N) is 1. The molecule has 0 atom stereocenters. The Hall–Kier alpha value is -3.04. The summed E-state index contributed by atoms with van der Waals surface area (Å²) >= 11 is 0. The molecule has 26 heavy (non-hydrogen) atoms. The highest BCUT2D eigenvalue weighted by Crippen LogP contribution is 2.14. The van der Waals surface area contributed by atoms with Gasteiger partial charge in [-0.3, -0.25) is 4.79 Å². The third-order valence-corrected chi connectivity index (χ3v) is 5.41. The molecule has 8 nitrogen and oxygen atoms in total. The summed E-state index contributed by atoms with van der Waals surface area (Å²) in [4.78, 5) is 16.5. The van der Waals surface area contributed by atoms with Gasteiger partial charge in [0.05, 0.1) is 23.3 Å². The van der Waals surface area contributed by atoms with Gasteiger partial charge in [0, 0.05) is 19.4 Å². The van der Waals surface area contributed by atoms with Gasteiger partial charge in [-0.1, -0.05) is 18.2 Å². The lowest BCUT2D eigenvalue weighted by molar-refractivity contribution is -0.116. The van der Waals surface area contributed by atoms with Gasteiger partial charge in [-0.25, -0.2) is 18.1 Å². The second-order valence-corrected chi connectivity index (χ2v) is 7.52. The molecule has 2 aromatic heterocycles. The van der Waals surface area contributed by atoms with E-state index in [9.17, 15) is 13.2 Å². The number of benzene rings is 1. The highest BCUT2D eigenvalue weighted by molar-refractivity contribution is 7.89. The quantitative estimate of drug-likeness (QED) is 0.709. The lowest BCUT2D eigenvalue weighted by Crippen LogP contribution is -2.34. The number of carbonyl (C=O) groups is 1. The molecule has 1 amide bonds. The molecule has 134 valence electrons. The van der Waals surface area contributed by atoms with Gasteiger partial charge in [-0.2, -0.15) is 9.40 Å². The van der Waals surface area contributed by atoms with Crippen LogP contribution in [0.2, 0.25) is 0 Å². The Balaban J connectivity index is 1.63. The third kappa shape index (κ3) is 3.95. The van der Waals surface area contributed by atoms with Crippen LogP contribution in [0.4, 0.5) is 5.69 Å². The van der Waals surface area contributed by atoms with E-state index in [2.05, 4.69) is 15.4 Å². The van der Waals surface area contributed by atoms with Gasteiger partial charge in [0.2, 0.25) is 15.9 Å². The van der Waals surface area contributed by atoms with Crippen molar-refractivity contribution in [2.45, 2.75) is 4.90 Å². The highest BCUT2D eigenvalue weighted by Gasteiger charge is 2.22. The maximum Gasteiger partial charge on any atom is 0.243 e. The summed E-state index contributed by atoms with van der Waals surface area (Å²) in [6.45, 7) is -0.307. The van der Waals surface area contributed by atoms with Crippen molar-refractivity contribution in [1.29, 1.82) is 0 Å². The first-order valence-corrected chi connectivity index (χ1v) is 9.18. The number of hydrogen-bond donors (Lipinski definition) is 1. The maximum atomic E-state index is 12.4. The highest BCUT2D eigenvalue weighted by atomic mass is 32.2. The largest absolute Gasteiger partial charge is 0.324 e. The van der Waals surface area contributed by atoms with Crippen LogP contribution in [0, 0.1) is 0 Å². The average molecular weight is 371 g/mol. The second-order valence-electron chi connectivity index (χ2n) is 5.48. The van der Waals surface area contributed by atoms with Gasteiger partial charge in [0.1, 0.15) is 0 Å². The van der Waals surface area contributed by atoms with Crippen LogP contribution in [-0.2, 0) is 14.8 Å². The fourth-order valence-electron chi connectivity index (χ4n) is 2.26. The average Bonchev–Trinajstić information content (AvgIpc) is 3.17. The zero-order chi connectivity index (χ0) is 18.6. The van der Waals surface area contributed by atoms with E-state index in [0.717, 1.165) is 4.31 Å². The first kappa shape index (κ1) is 17.8. The van der Waals surface area contributed by atoms with Crippen molar-refractivity contribution in [1.82, 2.24) is 19.1 Å². The Labute approximate surface area is 151 Å². The van der Waals surface area contributed by atoms with Gasteiger partial charge >= 0.3 is 0 Å². The number of rotatable bonds is 6. The summed E-state index contributed by atoms with van der Waals surface area (Å²) in [6.07, 6.45) is 4.88. The van der Waals surface area contributed by atoms with Gasteiger partial charge in [-0.15, -0.1) is 0 Å². The van der Waals surface area contributed by atoms with E-state index in [0.29, 0.717) is 11.5 Å². The van der Waals surface area contributed by atoms with E-state index in [1.807, 2.05) is 0 Å². The molecule has 0 spiro atoms. The first-order valence-electron chi connectivity index (χ1n) is 7.74. The van der Waals surface area contributed by atoms with Gasteiger partial charge in [0.15, 0.2) is 5.82 Å². The minimum atomic E-state index is -3.72. The number of anilines is 1. The van der Waals surface area contributed by atoms with E-state index < -0.39 is 15.9 Å². The molecule has 3 rings (SSSR count). The predicted octanol–water partition coefficient (Wildman–Crippen LogP) is 1.53. The fraction of sp³-hybridized carbons (Fsp3) is 0.118. The van der Waals surface area contributed by atoms with Crippen LogP contribution < -0.4 is 5.32 Å². The monoisotopic (exact) mass is 371 g/mol. The number of sulfonamides is 1. The summed E-state index contributed by atoms with van der Waals surface area (Å²) in [7, 11) is -2.36.